The fourth-order valence-electron chi connectivity index (χ4n) is 1.66. The summed E-state index contributed by atoms with van der Waals surface area (Å²) in [5.41, 5.74) is 1.98. The second kappa shape index (κ2) is 6.88. The van der Waals surface area contributed by atoms with Crippen molar-refractivity contribution < 1.29 is 9.18 Å². The third-order valence-corrected chi connectivity index (χ3v) is 4.31. The highest BCUT2D eigenvalue weighted by Gasteiger charge is 2.17. The lowest BCUT2D eigenvalue weighted by Gasteiger charge is -2.14. The molecule has 1 atom stereocenters. The highest BCUT2D eigenvalue weighted by molar-refractivity contribution is 9.10. The monoisotopic (exact) mass is 315 g/mol. The van der Waals surface area contributed by atoms with Crippen molar-refractivity contribution in [3.63, 3.8) is 0 Å². The number of aryl methyl sites for hydroxylation is 1. The minimum atomic E-state index is -0.222. The molecule has 0 saturated carbocycles. The maximum absolute atomic E-state index is 12.9. The molecule has 1 aromatic rings. The van der Waals surface area contributed by atoms with Gasteiger partial charge in [0.25, 0.3) is 0 Å². The molecule has 0 aromatic heterocycles. The van der Waals surface area contributed by atoms with Crippen molar-refractivity contribution in [2.24, 2.45) is 5.92 Å². The molecule has 1 amide bonds. The molecule has 0 heterocycles. The first-order valence-corrected chi connectivity index (χ1v) is 7.00. The minimum absolute atomic E-state index is 0.00441. The first-order chi connectivity index (χ1) is 8.41. The maximum Gasteiger partial charge on any atom is 0.234 e. The van der Waals surface area contributed by atoms with Crippen LogP contribution in [-0.2, 0) is 11.2 Å². The number of nitrogens with one attached hydrogen (secondary N) is 1. The second-order valence-corrected chi connectivity index (χ2v) is 5.74. The van der Waals surface area contributed by atoms with Crippen LogP contribution >= 0.6 is 15.9 Å². The first-order valence-electron chi connectivity index (χ1n) is 6.08. The van der Waals surface area contributed by atoms with Crippen molar-refractivity contribution in [3.05, 3.63) is 35.1 Å². The molecular weight excluding hydrogens is 297 g/mol. The Hall–Kier alpha value is -0.900. The molecule has 0 bridgehead atoms. The zero-order valence-corrected chi connectivity index (χ0v) is 12.6. The Bertz CT molecular complexity index is 420. The van der Waals surface area contributed by atoms with Gasteiger partial charge in [-0.15, -0.1) is 0 Å². The van der Waals surface area contributed by atoms with Crippen molar-refractivity contribution in [1.29, 1.82) is 0 Å². The smallest absolute Gasteiger partial charge is 0.234 e. The quantitative estimate of drug-likeness (QED) is 0.831. The van der Waals surface area contributed by atoms with Crippen molar-refractivity contribution in [3.8, 4) is 0 Å². The zero-order chi connectivity index (χ0) is 13.7. The number of hydrogen-bond acceptors (Lipinski definition) is 1. The normalized spacial score (nSPS) is 12.6. The van der Waals surface area contributed by atoms with Gasteiger partial charge in [-0.2, -0.15) is 0 Å². The fraction of sp³-hybridized carbons (Fsp3) is 0.500. The van der Waals surface area contributed by atoms with Crippen LogP contribution in [0.25, 0.3) is 0 Å². The zero-order valence-electron chi connectivity index (χ0n) is 11.0. The standard InChI is InChI=1S/C14H19BrFNO/c1-9(2)13(15)14(18)17-7-6-11-4-5-12(16)8-10(11)3/h4-5,8-9,13H,6-7H2,1-3H3,(H,17,18). The maximum atomic E-state index is 12.9. The first kappa shape index (κ1) is 15.2. The lowest BCUT2D eigenvalue weighted by molar-refractivity contribution is -0.121. The van der Waals surface area contributed by atoms with Crippen LogP contribution in [0.1, 0.15) is 25.0 Å². The summed E-state index contributed by atoms with van der Waals surface area (Å²) in [5, 5.41) is 2.87. The summed E-state index contributed by atoms with van der Waals surface area (Å²) in [4.78, 5) is 11.5. The van der Waals surface area contributed by atoms with Crippen molar-refractivity contribution in [1.82, 2.24) is 5.32 Å². The van der Waals surface area contributed by atoms with Crippen LogP contribution in [0.2, 0.25) is 0 Å². The summed E-state index contributed by atoms with van der Waals surface area (Å²) in [6.45, 7) is 6.42. The summed E-state index contributed by atoms with van der Waals surface area (Å²) in [6.07, 6.45) is 0.718. The van der Waals surface area contributed by atoms with E-state index in [1.165, 1.54) is 12.1 Å². The van der Waals surface area contributed by atoms with E-state index in [4.69, 9.17) is 0 Å². The third-order valence-electron chi connectivity index (χ3n) is 2.83. The van der Waals surface area contributed by atoms with E-state index in [9.17, 15) is 9.18 Å². The number of carbonyl (C=O) groups is 1. The van der Waals surface area contributed by atoms with Gasteiger partial charge in [-0.05, 0) is 42.5 Å². The Morgan fingerprint density at radius 2 is 2.11 bits per heavy atom. The van der Waals surface area contributed by atoms with Crippen LogP contribution in [0.4, 0.5) is 4.39 Å². The van der Waals surface area contributed by atoms with Gasteiger partial charge in [0.15, 0.2) is 0 Å². The summed E-state index contributed by atoms with van der Waals surface area (Å²) in [6, 6.07) is 4.73. The molecule has 4 heteroatoms. The molecule has 0 aliphatic carbocycles. The van der Waals surface area contributed by atoms with Gasteiger partial charge in [-0.1, -0.05) is 35.8 Å². The Kier molecular flexibility index (Phi) is 5.79. The number of amides is 1. The average molecular weight is 316 g/mol. The summed E-state index contributed by atoms with van der Waals surface area (Å²) in [7, 11) is 0. The molecule has 0 aliphatic heterocycles. The largest absolute Gasteiger partial charge is 0.355 e. The van der Waals surface area contributed by atoms with E-state index >= 15 is 0 Å². The fourth-order valence-corrected chi connectivity index (χ4v) is 1.82. The van der Waals surface area contributed by atoms with Crippen molar-refractivity contribution >= 4 is 21.8 Å². The Labute approximate surface area is 116 Å². The molecule has 1 aromatic carbocycles. The van der Waals surface area contributed by atoms with Crippen LogP contribution < -0.4 is 5.32 Å². The minimum Gasteiger partial charge on any atom is -0.355 e. The van der Waals surface area contributed by atoms with Crippen LogP contribution in [0.5, 0.6) is 0 Å². The molecule has 2 nitrogen and oxygen atoms in total. The molecule has 1 N–H and O–H groups in total. The number of rotatable bonds is 5. The molecule has 0 fully saturated rings. The number of hydrogen-bond donors (Lipinski definition) is 1. The molecule has 18 heavy (non-hydrogen) atoms. The Morgan fingerprint density at radius 3 is 2.67 bits per heavy atom. The highest BCUT2D eigenvalue weighted by atomic mass is 79.9. The van der Waals surface area contributed by atoms with E-state index in [0.29, 0.717) is 6.54 Å². The van der Waals surface area contributed by atoms with Crippen LogP contribution in [0.15, 0.2) is 18.2 Å². The van der Waals surface area contributed by atoms with E-state index in [-0.39, 0.29) is 22.5 Å². The SMILES string of the molecule is Cc1cc(F)ccc1CCNC(=O)C(Br)C(C)C. The summed E-state index contributed by atoms with van der Waals surface area (Å²) >= 11 is 3.36. The molecule has 100 valence electrons. The van der Waals surface area contributed by atoms with Crippen LogP contribution in [0, 0.1) is 18.7 Å². The van der Waals surface area contributed by atoms with Gasteiger partial charge in [0, 0.05) is 6.54 Å². The van der Waals surface area contributed by atoms with E-state index in [0.717, 1.165) is 17.5 Å². The lowest BCUT2D eigenvalue weighted by atomic mass is 10.1. The predicted molar refractivity (Wildman–Crippen MR) is 75.4 cm³/mol. The topological polar surface area (TPSA) is 29.1 Å². The van der Waals surface area contributed by atoms with E-state index in [1.807, 2.05) is 20.8 Å². The Morgan fingerprint density at radius 1 is 1.44 bits per heavy atom. The number of halogens is 2. The van der Waals surface area contributed by atoms with E-state index in [2.05, 4.69) is 21.2 Å². The Balaban J connectivity index is 2.44. The predicted octanol–water partition coefficient (Wildman–Crippen LogP) is 3.21. The van der Waals surface area contributed by atoms with Gasteiger partial charge in [-0.3, -0.25) is 4.79 Å². The third kappa shape index (κ3) is 4.41. The molecule has 0 saturated heterocycles. The molecule has 0 spiro atoms. The molecule has 1 rings (SSSR count). The van der Waals surface area contributed by atoms with Crippen molar-refractivity contribution in [2.45, 2.75) is 32.0 Å². The number of benzene rings is 1. The van der Waals surface area contributed by atoms with Crippen molar-refractivity contribution in [2.75, 3.05) is 6.54 Å². The molecular formula is C14H19BrFNO. The second-order valence-electron chi connectivity index (χ2n) is 4.76. The summed E-state index contributed by atoms with van der Waals surface area (Å²) < 4.78 is 12.9. The van der Waals surface area contributed by atoms with Gasteiger partial charge < -0.3 is 5.32 Å². The van der Waals surface area contributed by atoms with Gasteiger partial charge in [-0.25, -0.2) is 4.39 Å². The van der Waals surface area contributed by atoms with Gasteiger partial charge in [0.1, 0.15) is 5.82 Å². The lowest BCUT2D eigenvalue weighted by Crippen LogP contribution is -2.35. The highest BCUT2D eigenvalue weighted by Crippen LogP contribution is 2.12. The van der Waals surface area contributed by atoms with Gasteiger partial charge in [0.05, 0.1) is 4.83 Å². The van der Waals surface area contributed by atoms with Gasteiger partial charge >= 0.3 is 0 Å². The number of alkyl halides is 1. The molecule has 0 radical (unpaired) electrons. The van der Waals surface area contributed by atoms with E-state index < -0.39 is 0 Å². The summed E-state index contributed by atoms with van der Waals surface area (Å²) in [5.74, 6) is 0.0444. The van der Waals surface area contributed by atoms with Gasteiger partial charge in [0.2, 0.25) is 5.91 Å². The number of carbonyl (C=O) groups excluding carboxylic acids is 1. The average Bonchev–Trinajstić information content (AvgIpc) is 2.30. The molecule has 1 unspecified atom stereocenters. The van der Waals surface area contributed by atoms with E-state index in [1.54, 1.807) is 6.07 Å². The molecule has 0 aliphatic rings. The van der Waals surface area contributed by atoms with Crippen LogP contribution in [0.3, 0.4) is 0 Å². The van der Waals surface area contributed by atoms with Crippen LogP contribution in [-0.4, -0.2) is 17.3 Å².